The number of hydrogen-bond donors (Lipinski definition) is 1. The van der Waals surface area contributed by atoms with Crippen LogP contribution in [0.3, 0.4) is 0 Å². The molecule has 0 saturated heterocycles. The molecule has 2 aromatic rings. The zero-order chi connectivity index (χ0) is 18.6. The Labute approximate surface area is 148 Å². The first-order valence-corrected chi connectivity index (χ1v) is 8.52. The van der Waals surface area contributed by atoms with Crippen LogP contribution in [0.4, 0.5) is 5.69 Å². The molecule has 5 heteroatoms. The lowest BCUT2D eigenvalue weighted by atomic mass is 10.1. The molecule has 1 amide bonds. The molecule has 0 aliphatic carbocycles. The molecule has 1 heterocycles. The van der Waals surface area contributed by atoms with Crippen molar-refractivity contribution in [3.05, 3.63) is 62.6 Å². The average molecular weight is 342 g/mol. The lowest BCUT2D eigenvalue weighted by Crippen LogP contribution is -2.28. The lowest BCUT2D eigenvalue weighted by molar-refractivity contribution is 0.102. The number of hydrogen-bond acceptors (Lipinski definition) is 3. The van der Waals surface area contributed by atoms with Crippen LogP contribution in [-0.2, 0) is 11.3 Å². The Morgan fingerprint density at radius 2 is 1.88 bits per heavy atom. The summed E-state index contributed by atoms with van der Waals surface area (Å²) in [4.78, 5) is 25.2. The zero-order valence-corrected chi connectivity index (χ0v) is 15.6. The molecule has 0 bridgehead atoms. The van der Waals surface area contributed by atoms with Gasteiger partial charge in [-0.05, 0) is 51.8 Å². The van der Waals surface area contributed by atoms with Gasteiger partial charge < -0.3 is 14.6 Å². The van der Waals surface area contributed by atoms with E-state index in [-0.39, 0.29) is 16.9 Å². The van der Waals surface area contributed by atoms with E-state index in [1.165, 1.54) is 6.07 Å². The third-order valence-corrected chi connectivity index (χ3v) is 4.31. The summed E-state index contributed by atoms with van der Waals surface area (Å²) in [6, 6.07) is 7.36. The van der Waals surface area contributed by atoms with E-state index in [1.807, 2.05) is 50.5 Å². The predicted octanol–water partition coefficient (Wildman–Crippen LogP) is 3.37. The second-order valence-corrected chi connectivity index (χ2v) is 6.23. The van der Waals surface area contributed by atoms with Crippen molar-refractivity contribution in [3.63, 3.8) is 0 Å². The van der Waals surface area contributed by atoms with E-state index in [0.29, 0.717) is 25.5 Å². The van der Waals surface area contributed by atoms with Gasteiger partial charge in [-0.2, -0.15) is 0 Å². The molecule has 2 rings (SSSR count). The van der Waals surface area contributed by atoms with Gasteiger partial charge in [0.05, 0.1) is 6.61 Å². The van der Waals surface area contributed by atoms with Crippen LogP contribution < -0.4 is 10.7 Å². The minimum atomic E-state index is -0.374. The monoisotopic (exact) mass is 342 g/mol. The van der Waals surface area contributed by atoms with Crippen molar-refractivity contribution in [2.75, 3.05) is 18.5 Å². The molecule has 5 nitrogen and oxygen atoms in total. The maximum Gasteiger partial charge on any atom is 0.261 e. The van der Waals surface area contributed by atoms with Crippen LogP contribution in [0.5, 0.6) is 0 Å². The van der Waals surface area contributed by atoms with E-state index in [2.05, 4.69) is 5.32 Å². The number of ether oxygens (including phenoxy) is 1. The van der Waals surface area contributed by atoms with Crippen LogP contribution in [0.1, 0.15) is 39.8 Å². The Hall–Kier alpha value is -2.40. The van der Waals surface area contributed by atoms with E-state index in [4.69, 9.17) is 4.74 Å². The number of aromatic nitrogens is 1. The first-order chi connectivity index (χ1) is 11.8. The van der Waals surface area contributed by atoms with E-state index in [9.17, 15) is 9.59 Å². The van der Waals surface area contributed by atoms with Gasteiger partial charge >= 0.3 is 0 Å². The minimum Gasteiger partial charge on any atom is -0.380 e. The molecule has 0 aliphatic heterocycles. The number of benzene rings is 1. The van der Waals surface area contributed by atoms with Crippen LogP contribution in [0.15, 0.2) is 29.1 Å². The molecule has 0 spiro atoms. The van der Waals surface area contributed by atoms with Crippen molar-refractivity contribution in [1.29, 1.82) is 0 Å². The molecule has 0 fully saturated rings. The maximum atomic E-state index is 12.8. The van der Waals surface area contributed by atoms with Crippen LogP contribution in [0, 0.1) is 27.7 Å². The molecule has 1 N–H and O–H groups in total. The number of carbonyl (C=O) groups is 1. The van der Waals surface area contributed by atoms with Crippen LogP contribution in [0.25, 0.3) is 0 Å². The Balaban J connectivity index is 2.37. The molecule has 0 unspecified atom stereocenters. The van der Waals surface area contributed by atoms with Crippen LogP contribution >= 0.6 is 0 Å². The number of amides is 1. The van der Waals surface area contributed by atoms with Crippen molar-refractivity contribution in [2.24, 2.45) is 0 Å². The number of pyridine rings is 1. The van der Waals surface area contributed by atoms with Crippen molar-refractivity contribution in [1.82, 2.24) is 4.57 Å². The van der Waals surface area contributed by atoms with Gasteiger partial charge in [-0.15, -0.1) is 0 Å². The Bertz CT molecular complexity index is 838. The summed E-state index contributed by atoms with van der Waals surface area (Å²) >= 11 is 0. The normalized spacial score (nSPS) is 10.8. The number of nitrogens with zero attached hydrogens (tertiary/aromatic N) is 1. The molecule has 0 atom stereocenters. The van der Waals surface area contributed by atoms with E-state index in [1.54, 1.807) is 6.92 Å². The molecule has 0 aliphatic rings. The summed E-state index contributed by atoms with van der Waals surface area (Å²) < 4.78 is 7.36. The number of carbonyl (C=O) groups excluding carboxylic acids is 1. The Morgan fingerprint density at radius 3 is 2.56 bits per heavy atom. The van der Waals surface area contributed by atoms with E-state index < -0.39 is 0 Å². The largest absolute Gasteiger partial charge is 0.380 e. The highest BCUT2D eigenvalue weighted by molar-refractivity contribution is 6.05. The molecule has 25 heavy (non-hydrogen) atoms. The second-order valence-electron chi connectivity index (χ2n) is 6.23. The third kappa shape index (κ3) is 4.37. The van der Waals surface area contributed by atoms with Gasteiger partial charge in [-0.3, -0.25) is 9.59 Å². The second kappa shape index (κ2) is 8.12. The number of aryl methyl sites for hydroxylation is 3. The lowest BCUT2D eigenvalue weighted by Gasteiger charge is -2.18. The first kappa shape index (κ1) is 18.9. The van der Waals surface area contributed by atoms with Gasteiger partial charge in [0.25, 0.3) is 5.91 Å². The molecule has 134 valence electrons. The summed E-state index contributed by atoms with van der Waals surface area (Å²) in [5.74, 6) is -0.374. The quantitative estimate of drug-likeness (QED) is 0.819. The number of nitrogens with one attached hydrogen (secondary N) is 1. The third-order valence-electron chi connectivity index (χ3n) is 4.31. The highest BCUT2D eigenvalue weighted by Crippen LogP contribution is 2.18. The van der Waals surface area contributed by atoms with Crippen molar-refractivity contribution >= 4 is 11.6 Å². The number of rotatable bonds is 6. The van der Waals surface area contributed by atoms with E-state index in [0.717, 1.165) is 22.5 Å². The predicted molar refractivity (Wildman–Crippen MR) is 101 cm³/mol. The topological polar surface area (TPSA) is 60.3 Å². The Morgan fingerprint density at radius 1 is 1.16 bits per heavy atom. The molecule has 1 aromatic heterocycles. The summed E-state index contributed by atoms with van der Waals surface area (Å²) in [6.45, 7) is 11.3. The molecule has 0 radical (unpaired) electrons. The molecular weight excluding hydrogens is 316 g/mol. The zero-order valence-electron chi connectivity index (χ0n) is 15.6. The summed E-state index contributed by atoms with van der Waals surface area (Å²) in [5.41, 5.74) is 4.15. The summed E-state index contributed by atoms with van der Waals surface area (Å²) in [7, 11) is 0. The highest BCUT2D eigenvalue weighted by Gasteiger charge is 2.18. The van der Waals surface area contributed by atoms with Crippen molar-refractivity contribution < 1.29 is 9.53 Å². The smallest absolute Gasteiger partial charge is 0.261 e. The van der Waals surface area contributed by atoms with Gasteiger partial charge in [-0.1, -0.05) is 12.1 Å². The van der Waals surface area contributed by atoms with Crippen LogP contribution in [-0.4, -0.2) is 23.7 Å². The van der Waals surface area contributed by atoms with Crippen LogP contribution in [0.2, 0.25) is 0 Å². The minimum absolute atomic E-state index is 0.183. The SMILES string of the molecule is CCOCCn1c(C)cc(=O)c(C(=O)Nc2cc(C)ccc2C)c1C. The average Bonchev–Trinajstić information content (AvgIpc) is 2.54. The fourth-order valence-electron chi connectivity index (χ4n) is 2.89. The molecular formula is C20H26N2O3. The van der Waals surface area contributed by atoms with Gasteiger partial charge in [0.2, 0.25) is 0 Å². The molecule has 0 saturated carbocycles. The van der Waals surface area contributed by atoms with Crippen molar-refractivity contribution in [2.45, 2.75) is 41.2 Å². The fourth-order valence-corrected chi connectivity index (χ4v) is 2.89. The standard InChI is InChI=1S/C20H26N2O3/c1-6-25-10-9-22-15(4)12-18(23)19(16(22)5)20(24)21-17-11-13(2)7-8-14(17)3/h7-8,11-12H,6,9-10H2,1-5H3,(H,21,24). The van der Waals surface area contributed by atoms with Gasteiger partial charge in [0.15, 0.2) is 5.43 Å². The summed E-state index contributed by atoms with van der Waals surface area (Å²) in [5, 5.41) is 2.88. The fraction of sp³-hybridized carbons (Fsp3) is 0.400. The van der Waals surface area contributed by atoms with E-state index >= 15 is 0 Å². The van der Waals surface area contributed by atoms with Gasteiger partial charge in [0.1, 0.15) is 5.56 Å². The molecule has 1 aromatic carbocycles. The highest BCUT2D eigenvalue weighted by atomic mass is 16.5. The maximum absolute atomic E-state index is 12.8. The first-order valence-electron chi connectivity index (χ1n) is 8.52. The Kier molecular flexibility index (Phi) is 6.15. The van der Waals surface area contributed by atoms with Gasteiger partial charge in [0, 0.05) is 36.3 Å². The van der Waals surface area contributed by atoms with Gasteiger partial charge in [-0.25, -0.2) is 0 Å². The van der Waals surface area contributed by atoms with Crippen molar-refractivity contribution in [3.8, 4) is 0 Å². The summed E-state index contributed by atoms with van der Waals surface area (Å²) in [6.07, 6.45) is 0. The number of anilines is 1.